The molecule has 0 aromatic heterocycles. The average molecular weight is 434 g/mol. The van der Waals surface area contributed by atoms with Gasteiger partial charge in [-0.25, -0.2) is 0 Å². The molecule has 1 heterocycles. The number of nitro benzene ring substituents is 1. The second-order valence-corrected chi connectivity index (χ2v) is 6.75. The number of fused-ring (bicyclic) bond motifs is 1. The maximum absolute atomic E-state index is 12.2. The van der Waals surface area contributed by atoms with Crippen LogP contribution in [0, 0.1) is 10.1 Å². The van der Waals surface area contributed by atoms with Gasteiger partial charge in [-0.3, -0.25) is 24.5 Å². The van der Waals surface area contributed by atoms with Crippen molar-refractivity contribution >= 4 is 46.4 Å². The summed E-state index contributed by atoms with van der Waals surface area (Å²) >= 11 is 5.93. The zero-order valence-corrected chi connectivity index (χ0v) is 16.3. The van der Waals surface area contributed by atoms with E-state index >= 15 is 0 Å². The fraction of sp³-hybridized carbons (Fsp3) is 0.211. The molecule has 0 spiro atoms. The van der Waals surface area contributed by atoms with Gasteiger partial charge in [0, 0.05) is 12.1 Å². The van der Waals surface area contributed by atoms with Crippen LogP contribution < -0.4 is 15.4 Å². The molecule has 10 nitrogen and oxygen atoms in total. The summed E-state index contributed by atoms with van der Waals surface area (Å²) < 4.78 is 10.6. The number of para-hydroxylation sites is 2. The number of hydrogen-bond acceptors (Lipinski definition) is 7. The number of benzene rings is 2. The minimum absolute atomic E-state index is 0.0398. The van der Waals surface area contributed by atoms with Gasteiger partial charge in [-0.15, -0.1) is 0 Å². The summed E-state index contributed by atoms with van der Waals surface area (Å²) in [7, 11) is 0. The van der Waals surface area contributed by atoms with Crippen LogP contribution in [0.1, 0.15) is 13.3 Å². The predicted octanol–water partition coefficient (Wildman–Crippen LogP) is 2.91. The number of nitrogens with zero attached hydrogens (tertiary/aromatic N) is 1. The van der Waals surface area contributed by atoms with E-state index in [1.54, 1.807) is 24.3 Å². The minimum Gasteiger partial charge on any atom is -0.478 e. The van der Waals surface area contributed by atoms with Gasteiger partial charge < -0.3 is 20.1 Å². The van der Waals surface area contributed by atoms with Crippen molar-refractivity contribution in [1.29, 1.82) is 0 Å². The van der Waals surface area contributed by atoms with Gasteiger partial charge in [0.25, 0.3) is 17.5 Å². The van der Waals surface area contributed by atoms with Gasteiger partial charge in [0.1, 0.15) is 5.75 Å². The summed E-state index contributed by atoms with van der Waals surface area (Å²) in [5.41, 5.74) is 0.395. The van der Waals surface area contributed by atoms with Gasteiger partial charge >= 0.3 is 5.97 Å². The fourth-order valence-corrected chi connectivity index (χ4v) is 2.85. The van der Waals surface area contributed by atoms with Crippen LogP contribution in [0.25, 0.3) is 0 Å². The van der Waals surface area contributed by atoms with E-state index in [0.29, 0.717) is 11.4 Å². The van der Waals surface area contributed by atoms with Crippen molar-refractivity contribution in [2.45, 2.75) is 25.6 Å². The van der Waals surface area contributed by atoms with E-state index in [1.807, 2.05) is 0 Å². The quantitative estimate of drug-likeness (QED) is 0.406. The topological polar surface area (TPSA) is 137 Å². The molecule has 30 heavy (non-hydrogen) atoms. The van der Waals surface area contributed by atoms with E-state index in [2.05, 4.69) is 10.6 Å². The normalized spacial score (nSPS) is 15.8. The summed E-state index contributed by atoms with van der Waals surface area (Å²) in [6.07, 6.45) is -2.69. The summed E-state index contributed by atoms with van der Waals surface area (Å²) in [4.78, 5) is 46.6. The van der Waals surface area contributed by atoms with Crippen molar-refractivity contribution in [2.75, 3.05) is 10.6 Å². The van der Waals surface area contributed by atoms with Crippen LogP contribution in [-0.2, 0) is 19.1 Å². The van der Waals surface area contributed by atoms with Crippen LogP contribution in [0.5, 0.6) is 5.75 Å². The molecule has 156 valence electrons. The molecule has 2 amide bonds. The Hall–Kier alpha value is -3.66. The highest BCUT2D eigenvalue weighted by molar-refractivity contribution is 6.34. The lowest BCUT2D eigenvalue weighted by Gasteiger charge is -2.25. The molecule has 0 unspecified atom stereocenters. The van der Waals surface area contributed by atoms with Gasteiger partial charge in [-0.2, -0.15) is 0 Å². The standard InChI is InChI=1S/C19H16ClN3O7/c1-10(18(25)21-13-7-6-11(23(27)28)8-12(13)20)29-17(24)9-16-19(26)22-14-4-2-3-5-15(14)30-16/h2-8,10,16H,9H2,1H3,(H,21,25)(H,22,26)/t10-,16-/m1/s1. The maximum Gasteiger partial charge on any atom is 0.310 e. The van der Waals surface area contributed by atoms with E-state index in [4.69, 9.17) is 21.1 Å². The second-order valence-electron chi connectivity index (χ2n) is 6.34. The van der Waals surface area contributed by atoms with E-state index in [9.17, 15) is 24.5 Å². The second kappa shape index (κ2) is 8.78. The Morgan fingerprint density at radius 2 is 2.07 bits per heavy atom. The molecule has 3 rings (SSSR count). The van der Waals surface area contributed by atoms with E-state index in [1.165, 1.54) is 19.1 Å². The number of carbonyl (C=O) groups excluding carboxylic acids is 3. The first-order valence-electron chi connectivity index (χ1n) is 8.75. The molecule has 2 aromatic carbocycles. The van der Waals surface area contributed by atoms with Gasteiger partial charge in [0.2, 0.25) is 0 Å². The van der Waals surface area contributed by atoms with Crippen molar-refractivity contribution in [2.24, 2.45) is 0 Å². The lowest BCUT2D eigenvalue weighted by molar-refractivity contribution is -0.384. The van der Waals surface area contributed by atoms with Crippen molar-refractivity contribution < 1.29 is 28.8 Å². The Balaban J connectivity index is 1.56. The molecule has 2 atom stereocenters. The Kier molecular flexibility index (Phi) is 6.17. The van der Waals surface area contributed by atoms with Crippen LogP contribution >= 0.6 is 11.6 Å². The summed E-state index contributed by atoms with van der Waals surface area (Å²) in [6, 6.07) is 10.3. The first-order chi connectivity index (χ1) is 14.2. The third-order valence-corrected chi connectivity index (χ3v) is 4.47. The number of amides is 2. The summed E-state index contributed by atoms with van der Waals surface area (Å²) in [5, 5.41) is 15.7. The molecule has 11 heteroatoms. The highest BCUT2D eigenvalue weighted by Crippen LogP contribution is 2.30. The number of nitro groups is 1. The van der Waals surface area contributed by atoms with E-state index in [0.717, 1.165) is 6.07 Å². The van der Waals surface area contributed by atoms with Gasteiger partial charge in [0.15, 0.2) is 12.2 Å². The van der Waals surface area contributed by atoms with Gasteiger partial charge in [-0.05, 0) is 25.1 Å². The monoisotopic (exact) mass is 433 g/mol. The van der Waals surface area contributed by atoms with E-state index in [-0.39, 0.29) is 16.4 Å². The minimum atomic E-state index is -1.21. The van der Waals surface area contributed by atoms with Crippen LogP contribution in [0.2, 0.25) is 5.02 Å². The van der Waals surface area contributed by atoms with E-state index < -0.39 is 41.3 Å². The number of rotatable bonds is 6. The highest BCUT2D eigenvalue weighted by atomic mass is 35.5. The Morgan fingerprint density at radius 3 is 2.77 bits per heavy atom. The Morgan fingerprint density at radius 1 is 1.33 bits per heavy atom. The number of halogens is 1. The number of non-ortho nitro benzene ring substituents is 1. The molecule has 2 N–H and O–H groups in total. The largest absolute Gasteiger partial charge is 0.478 e. The molecular formula is C19H16ClN3O7. The third-order valence-electron chi connectivity index (χ3n) is 4.16. The lowest BCUT2D eigenvalue weighted by Crippen LogP contribution is -2.40. The van der Waals surface area contributed by atoms with Crippen molar-refractivity contribution in [1.82, 2.24) is 0 Å². The number of carbonyl (C=O) groups is 3. The van der Waals surface area contributed by atoms with Gasteiger partial charge in [-0.1, -0.05) is 23.7 Å². The fourth-order valence-electron chi connectivity index (χ4n) is 2.63. The zero-order valence-electron chi connectivity index (χ0n) is 15.6. The first-order valence-corrected chi connectivity index (χ1v) is 9.13. The molecule has 0 bridgehead atoms. The van der Waals surface area contributed by atoms with Crippen LogP contribution in [0.4, 0.5) is 17.1 Å². The van der Waals surface area contributed by atoms with Crippen LogP contribution in [0.3, 0.4) is 0 Å². The smallest absolute Gasteiger partial charge is 0.310 e. The lowest BCUT2D eigenvalue weighted by atomic mass is 10.1. The third kappa shape index (κ3) is 4.84. The Labute approximate surface area is 175 Å². The van der Waals surface area contributed by atoms with Crippen molar-refractivity contribution in [3.63, 3.8) is 0 Å². The van der Waals surface area contributed by atoms with Crippen molar-refractivity contribution in [3.05, 3.63) is 57.6 Å². The molecule has 0 saturated carbocycles. The molecule has 0 fully saturated rings. The molecule has 2 aromatic rings. The number of anilines is 2. The molecule has 0 radical (unpaired) electrons. The maximum atomic E-state index is 12.2. The highest BCUT2D eigenvalue weighted by Gasteiger charge is 2.31. The number of esters is 1. The van der Waals surface area contributed by atoms with Gasteiger partial charge in [0.05, 0.1) is 27.7 Å². The number of ether oxygens (including phenoxy) is 2. The predicted molar refractivity (Wildman–Crippen MR) is 106 cm³/mol. The average Bonchev–Trinajstić information content (AvgIpc) is 2.69. The molecule has 1 aliphatic heterocycles. The molecule has 1 aliphatic rings. The van der Waals surface area contributed by atoms with Crippen LogP contribution in [0.15, 0.2) is 42.5 Å². The number of nitrogens with one attached hydrogen (secondary N) is 2. The molecule has 0 aliphatic carbocycles. The molecular weight excluding hydrogens is 418 g/mol. The summed E-state index contributed by atoms with van der Waals surface area (Å²) in [5.74, 6) is -1.58. The number of hydrogen-bond donors (Lipinski definition) is 2. The SMILES string of the molecule is C[C@@H](OC(=O)C[C@H]1Oc2ccccc2NC1=O)C(=O)Nc1ccc([N+](=O)[O-])cc1Cl. The summed E-state index contributed by atoms with van der Waals surface area (Å²) in [6.45, 7) is 1.34. The molecule has 0 saturated heterocycles. The van der Waals surface area contributed by atoms with Crippen molar-refractivity contribution in [3.8, 4) is 5.75 Å². The zero-order chi connectivity index (χ0) is 21.8. The first kappa shape index (κ1) is 21.1. The Bertz CT molecular complexity index is 1030. The van der Waals surface area contributed by atoms with Crippen LogP contribution in [-0.4, -0.2) is 34.9 Å².